The summed E-state index contributed by atoms with van der Waals surface area (Å²) in [5.41, 5.74) is 2.30. The van der Waals surface area contributed by atoms with Crippen LogP contribution in [0.15, 0.2) is 58.9 Å². The first-order valence-electron chi connectivity index (χ1n) is 7.45. The molecule has 24 heavy (non-hydrogen) atoms. The normalized spacial score (nSPS) is 11.0. The Morgan fingerprint density at radius 1 is 0.917 bits per heavy atom. The molecule has 4 rings (SSSR count). The zero-order valence-electron chi connectivity index (χ0n) is 12.7. The lowest BCUT2D eigenvalue weighted by Gasteiger charge is -2.00. The molecular formula is C17H14N4S3. The van der Waals surface area contributed by atoms with Gasteiger partial charge < -0.3 is 5.32 Å². The fourth-order valence-electron chi connectivity index (χ4n) is 2.22. The van der Waals surface area contributed by atoms with E-state index < -0.39 is 0 Å². The third kappa shape index (κ3) is 3.75. The Morgan fingerprint density at radius 2 is 1.75 bits per heavy atom. The molecule has 2 aromatic carbocycles. The van der Waals surface area contributed by atoms with Crippen molar-refractivity contribution in [3.05, 3.63) is 65.2 Å². The van der Waals surface area contributed by atoms with E-state index in [-0.39, 0.29) is 0 Å². The largest absolute Gasteiger partial charge is 0.356 e. The van der Waals surface area contributed by atoms with Gasteiger partial charge in [-0.1, -0.05) is 65.6 Å². The molecule has 0 radical (unpaired) electrons. The van der Waals surface area contributed by atoms with Crippen LogP contribution in [0.1, 0.15) is 10.6 Å². The molecule has 0 atom stereocenters. The van der Waals surface area contributed by atoms with E-state index in [2.05, 4.69) is 44.8 Å². The van der Waals surface area contributed by atoms with E-state index in [1.165, 1.54) is 10.3 Å². The first-order valence-corrected chi connectivity index (χ1v) is 10.1. The molecule has 0 spiro atoms. The molecule has 4 aromatic rings. The van der Waals surface area contributed by atoms with Crippen LogP contribution in [0.3, 0.4) is 0 Å². The molecule has 0 aliphatic heterocycles. The maximum absolute atomic E-state index is 4.65. The van der Waals surface area contributed by atoms with Gasteiger partial charge in [-0.3, -0.25) is 0 Å². The van der Waals surface area contributed by atoms with Gasteiger partial charge >= 0.3 is 0 Å². The highest BCUT2D eigenvalue weighted by Crippen LogP contribution is 2.31. The molecule has 2 heterocycles. The molecular weight excluding hydrogens is 356 g/mol. The lowest BCUT2D eigenvalue weighted by molar-refractivity contribution is 0.995. The molecule has 7 heteroatoms. The number of thiazole rings is 1. The van der Waals surface area contributed by atoms with Gasteiger partial charge in [-0.25, -0.2) is 4.98 Å². The molecule has 0 aliphatic carbocycles. The molecule has 0 saturated carbocycles. The Balaban J connectivity index is 1.35. The van der Waals surface area contributed by atoms with E-state index >= 15 is 0 Å². The van der Waals surface area contributed by atoms with Crippen LogP contribution in [-0.2, 0) is 12.3 Å². The predicted octanol–water partition coefficient (Wildman–Crippen LogP) is 5.05. The van der Waals surface area contributed by atoms with Gasteiger partial charge in [-0.15, -0.1) is 21.5 Å². The molecule has 0 aliphatic rings. The molecule has 0 bridgehead atoms. The number of hydrogen-bond acceptors (Lipinski definition) is 7. The number of anilines is 1. The fourth-order valence-corrected chi connectivity index (χ4v) is 4.93. The topological polar surface area (TPSA) is 50.7 Å². The van der Waals surface area contributed by atoms with E-state index in [9.17, 15) is 0 Å². The summed E-state index contributed by atoms with van der Waals surface area (Å²) in [5, 5.41) is 13.7. The van der Waals surface area contributed by atoms with Crippen LogP contribution >= 0.6 is 34.4 Å². The van der Waals surface area contributed by atoms with Gasteiger partial charge in [0.15, 0.2) is 4.34 Å². The molecule has 120 valence electrons. The first kappa shape index (κ1) is 15.6. The Bertz CT molecular complexity index is 900. The van der Waals surface area contributed by atoms with Crippen LogP contribution in [0.5, 0.6) is 0 Å². The SMILES string of the molecule is c1ccc(CNc2nnc(SCc3nc4ccccc4s3)s2)cc1. The Morgan fingerprint density at radius 3 is 2.62 bits per heavy atom. The Kier molecular flexibility index (Phi) is 4.73. The van der Waals surface area contributed by atoms with Gasteiger partial charge in [0.2, 0.25) is 5.13 Å². The van der Waals surface area contributed by atoms with E-state index in [0.717, 1.165) is 32.3 Å². The summed E-state index contributed by atoms with van der Waals surface area (Å²) in [5.74, 6) is 0.826. The van der Waals surface area contributed by atoms with Crippen molar-refractivity contribution >= 4 is 49.8 Å². The second kappa shape index (κ2) is 7.29. The maximum Gasteiger partial charge on any atom is 0.206 e. The summed E-state index contributed by atoms with van der Waals surface area (Å²) in [6.07, 6.45) is 0. The monoisotopic (exact) mass is 370 g/mol. The molecule has 2 aromatic heterocycles. The van der Waals surface area contributed by atoms with Crippen molar-refractivity contribution in [1.82, 2.24) is 15.2 Å². The highest BCUT2D eigenvalue weighted by molar-refractivity contribution is 8.00. The average Bonchev–Trinajstić information content (AvgIpc) is 3.25. The summed E-state index contributed by atoms with van der Waals surface area (Å²) >= 11 is 5.01. The minimum Gasteiger partial charge on any atom is -0.356 e. The second-order valence-electron chi connectivity index (χ2n) is 5.08. The Hall–Kier alpha value is -1.96. The first-order chi connectivity index (χ1) is 11.9. The number of para-hydroxylation sites is 1. The lowest BCUT2D eigenvalue weighted by Crippen LogP contribution is -1.98. The van der Waals surface area contributed by atoms with Crippen LogP contribution in [0.2, 0.25) is 0 Å². The number of rotatable bonds is 6. The summed E-state index contributed by atoms with van der Waals surface area (Å²) in [7, 11) is 0. The number of benzene rings is 2. The number of hydrogen-bond donors (Lipinski definition) is 1. The zero-order valence-corrected chi connectivity index (χ0v) is 15.1. The summed E-state index contributed by atoms with van der Waals surface area (Å²) in [4.78, 5) is 4.65. The maximum atomic E-state index is 4.65. The average molecular weight is 371 g/mol. The van der Waals surface area contributed by atoms with Crippen molar-refractivity contribution in [2.45, 2.75) is 16.6 Å². The standard InChI is InChI=1S/C17H14N4S3/c1-2-6-12(7-3-1)10-18-16-20-21-17(24-16)22-11-15-19-13-8-4-5-9-14(13)23-15/h1-9H,10-11H2,(H,18,20). The molecule has 0 fully saturated rings. The van der Waals surface area contributed by atoms with E-state index in [4.69, 9.17) is 0 Å². The molecule has 0 unspecified atom stereocenters. The highest BCUT2D eigenvalue weighted by Gasteiger charge is 2.08. The van der Waals surface area contributed by atoms with Crippen molar-refractivity contribution in [2.75, 3.05) is 5.32 Å². The second-order valence-corrected chi connectivity index (χ2v) is 8.39. The third-order valence-corrected chi connectivity index (χ3v) is 6.59. The number of thioether (sulfide) groups is 1. The molecule has 1 N–H and O–H groups in total. The summed E-state index contributed by atoms with van der Waals surface area (Å²) in [6, 6.07) is 18.5. The molecule has 4 nitrogen and oxygen atoms in total. The summed E-state index contributed by atoms with van der Waals surface area (Å²) < 4.78 is 2.19. The van der Waals surface area contributed by atoms with Crippen molar-refractivity contribution < 1.29 is 0 Å². The third-order valence-electron chi connectivity index (χ3n) is 3.35. The number of nitrogens with one attached hydrogen (secondary N) is 1. The lowest BCUT2D eigenvalue weighted by atomic mass is 10.2. The van der Waals surface area contributed by atoms with Crippen LogP contribution < -0.4 is 5.32 Å². The van der Waals surface area contributed by atoms with Crippen molar-refractivity contribution in [3.8, 4) is 0 Å². The van der Waals surface area contributed by atoms with Gasteiger partial charge in [-0.2, -0.15) is 0 Å². The van der Waals surface area contributed by atoms with E-state index in [1.54, 1.807) is 34.4 Å². The minimum absolute atomic E-state index is 0.762. The van der Waals surface area contributed by atoms with Crippen molar-refractivity contribution in [3.63, 3.8) is 0 Å². The number of nitrogens with zero attached hydrogens (tertiary/aromatic N) is 3. The van der Waals surface area contributed by atoms with Crippen LogP contribution in [0.25, 0.3) is 10.2 Å². The summed E-state index contributed by atoms with van der Waals surface area (Å²) in [6.45, 7) is 0.762. The van der Waals surface area contributed by atoms with E-state index in [0.29, 0.717) is 0 Å². The smallest absolute Gasteiger partial charge is 0.206 e. The van der Waals surface area contributed by atoms with Gasteiger partial charge in [0.05, 0.1) is 16.0 Å². The minimum atomic E-state index is 0.762. The van der Waals surface area contributed by atoms with Gasteiger partial charge in [-0.05, 0) is 17.7 Å². The fraction of sp³-hybridized carbons (Fsp3) is 0.118. The Labute approximate surface area is 152 Å². The van der Waals surface area contributed by atoms with Gasteiger partial charge in [0, 0.05) is 6.54 Å². The van der Waals surface area contributed by atoms with E-state index in [1.807, 2.05) is 30.3 Å². The predicted molar refractivity (Wildman–Crippen MR) is 103 cm³/mol. The van der Waals surface area contributed by atoms with Crippen molar-refractivity contribution in [2.24, 2.45) is 0 Å². The van der Waals surface area contributed by atoms with Crippen molar-refractivity contribution in [1.29, 1.82) is 0 Å². The van der Waals surface area contributed by atoms with Crippen LogP contribution in [-0.4, -0.2) is 15.2 Å². The van der Waals surface area contributed by atoms with Gasteiger partial charge in [0.25, 0.3) is 0 Å². The molecule has 0 amide bonds. The highest BCUT2D eigenvalue weighted by atomic mass is 32.2. The zero-order chi connectivity index (χ0) is 16.2. The van der Waals surface area contributed by atoms with Gasteiger partial charge in [0.1, 0.15) is 5.01 Å². The number of fused-ring (bicyclic) bond motifs is 1. The quantitative estimate of drug-likeness (QED) is 0.481. The number of aromatic nitrogens is 3. The molecule has 0 saturated heterocycles. The van der Waals surface area contributed by atoms with Crippen LogP contribution in [0, 0.1) is 0 Å². The van der Waals surface area contributed by atoms with Crippen LogP contribution in [0.4, 0.5) is 5.13 Å².